The number of hydrogen-bond acceptors (Lipinski definition) is 4. The molecule has 2 N–H and O–H groups in total. The Kier molecular flexibility index (Phi) is 3.63. The van der Waals surface area contributed by atoms with E-state index in [9.17, 15) is 16.8 Å². The molecule has 0 aliphatic rings. The zero-order valence-corrected chi connectivity index (χ0v) is 7.89. The first-order valence-electron chi connectivity index (χ1n) is 3.00. The molecule has 0 unspecified atom stereocenters. The summed E-state index contributed by atoms with van der Waals surface area (Å²) in [7, 11) is -9.61. The van der Waals surface area contributed by atoms with Crippen molar-refractivity contribution in [3.8, 4) is 0 Å². The Morgan fingerprint density at radius 3 is 1.50 bits per heavy atom. The van der Waals surface area contributed by atoms with E-state index in [0.29, 0.717) is 0 Å². The van der Waals surface area contributed by atoms with Gasteiger partial charge in [-0.15, -0.1) is 0 Å². The van der Waals surface area contributed by atoms with Crippen molar-refractivity contribution < 1.29 is 25.9 Å². The Morgan fingerprint density at radius 1 is 1.08 bits per heavy atom. The van der Waals surface area contributed by atoms with Crippen molar-refractivity contribution in [2.24, 2.45) is 0 Å². The molecule has 12 heavy (non-hydrogen) atoms. The second-order valence-corrected chi connectivity index (χ2v) is 5.22. The van der Waals surface area contributed by atoms with Crippen LogP contribution in [0.3, 0.4) is 0 Å². The molecule has 0 atom stereocenters. The molecule has 0 spiro atoms. The van der Waals surface area contributed by atoms with Gasteiger partial charge in [-0.3, -0.25) is 9.11 Å². The molecule has 0 amide bonds. The van der Waals surface area contributed by atoms with Crippen LogP contribution in [0.5, 0.6) is 0 Å². The molecule has 73 valence electrons. The first kappa shape index (κ1) is 11.8. The van der Waals surface area contributed by atoms with Crippen LogP contribution in [0.1, 0.15) is 19.8 Å². The summed E-state index contributed by atoms with van der Waals surface area (Å²) >= 11 is 0. The lowest BCUT2D eigenvalue weighted by Gasteiger charge is -2.06. The molecule has 0 saturated heterocycles. The van der Waals surface area contributed by atoms with Gasteiger partial charge in [-0.25, -0.2) is 0 Å². The predicted octanol–water partition coefficient (Wildman–Crippen LogP) is 0.0516. The molecule has 0 aromatic heterocycles. The van der Waals surface area contributed by atoms with E-state index in [-0.39, 0.29) is 6.42 Å². The van der Waals surface area contributed by atoms with E-state index >= 15 is 0 Å². The summed E-state index contributed by atoms with van der Waals surface area (Å²) in [4.78, 5) is 0. The van der Waals surface area contributed by atoms with Gasteiger partial charge >= 0.3 is 0 Å². The molecule has 8 heteroatoms. The molecule has 0 aliphatic carbocycles. The molecular weight excluding hydrogens is 208 g/mol. The number of rotatable bonds is 4. The van der Waals surface area contributed by atoms with Gasteiger partial charge in [0.15, 0.2) is 0 Å². The van der Waals surface area contributed by atoms with Crippen LogP contribution in [0.2, 0.25) is 0 Å². The first-order valence-corrected chi connectivity index (χ1v) is 5.88. The Bertz CT molecular complexity index is 293. The third-order valence-electron chi connectivity index (χ3n) is 1.03. The monoisotopic (exact) mass is 217 g/mol. The highest BCUT2D eigenvalue weighted by atomic mass is 32.3. The van der Waals surface area contributed by atoms with E-state index in [0.717, 1.165) is 0 Å². The maximum Gasteiger partial charge on any atom is 0.290 e. The third kappa shape index (κ3) is 3.48. The van der Waals surface area contributed by atoms with Crippen LogP contribution in [-0.4, -0.2) is 25.9 Å². The van der Waals surface area contributed by atoms with Crippen molar-refractivity contribution in [3.63, 3.8) is 0 Å². The number of hydrogen-bond donors (Lipinski definition) is 2. The van der Waals surface area contributed by atoms with Crippen LogP contribution in [0.15, 0.2) is 0 Å². The zero-order valence-electron chi connectivity index (χ0n) is 6.26. The van der Waals surface area contributed by atoms with E-state index in [2.05, 4.69) is 0 Å². The smallest absolute Gasteiger partial charge is 0.284 e. The van der Waals surface area contributed by atoms with E-state index in [1.807, 2.05) is 0 Å². The minimum atomic E-state index is -4.81. The van der Waals surface area contributed by atoms with Crippen molar-refractivity contribution in [1.82, 2.24) is 0 Å². The van der Waals surface area contributed by atoms with Gasteiger partial charge in [-0.2, -0.15) is 16.8 Å². The summed E-state index contributed by atoms with van der Waals surface area (Å²) in [6.45, 7) is 1.51. The fourth-order valence-corrected chi connectivity index (χ4v) is 2.58. The van der Waals surface area contributed by atoms with Gasteiger partial charge in [-0.1, -0.05) is 13.3 Å². The molecule has 0 aromatic carbocycles. The topological polar surface area (TPSA) is 109 Å². The van der Waals surface area contributed by atoms with Gasteiger partial charge in [0.25, 0.3) is 24.8 Å². The van der Waals surface area contributed by atoms with Crippen molar-refractivity contribution in [2.75, 3.05) is 0 Å². The zero-order chi connectivity index (χ0) is 9.99. The second-order valence-electron chi connectivity index (χ2n) is 2.07. The van der Waals surface area contributed by atoms with E-state index in [1.54, 1.807) is 0 Å². The largest absolute Gasteiger partial charge is 0.290 e. The summed E-state index contributed by atoms with van der Waals surface area (Å²) in [5.41, 5.74) is 0. The summed E-state index contributed by atoms with van der Waals surface area (Å²) in [6.07, 6.45) is -0.216. The van der Waals surface area contributed by atoms with E-state index in [1.165, 1.54) is 6.92 Å². The molecule has 6 nitrogen and oxygen atoms in total. The quantitative estimate of drug-likeness (QED) is 0.644. The first-order chi connectivity index (χ1) is 5.19. The highest BCUT2D eigenvalue weighted by Crippen LogP contribution is 2.21. The van der Waals surface area contributed by atoms with E-state index in [4.69, 9.17) is 9.11 Å². The van der Waals surface area contributed by atoms with Crippen LogP contribution in [-0.2, 0) is 20.2 Å². The Hall–Kier alpha value is -0.180. The molecule has 1 radical (unpaired) electrons. The maximum atomic E-state index is 10.3. The van der Waals surface area contributed by atoms with Crippen molar-refractivity contribution in [1.29, 1.82) is 0 Å². The van der Waals surface area contributed by atoms with E-state index < -0.39 is 31.2 Å². The molecule has 0 fully saturated rings. The van der Waals surface area contributed by atoms with Crippen LogP contribution in [0, 0.1) is 4.58 Å². The van der Waals surface area contributed by atoms with Crippen molar-refractivity contribution in [2.45, 2.75) is 19.8 Å². The predicted molar refractivity (Wildman–Crippen MR) is 41.2 cm³/mol. The fraction of sp³-hybridized carbons (Fsp3) is 0.750. The molecule has 0 bridgehead atoms. The minimum absolute atomic E-state index is 0.189. The normalized spacial score (nSPS) is 13.7. The van der Waals surface area contributed by atoms with Crippen LogP contribution in [0.25, 0.3) is 0 Å². The van der Waals surface area contributed by atoms with Crippen molar-refractivity contribution >= 4 is 20.2 Å². The average Bonchev–Trinajstić information content (AvgIpc) is 1.77. The van der Waals surface area contributed by atoms with Crippen LogP contribution < -0.4 is 0 Å². The van der Waals surface area contributed by atoms with Gasteiger partial charge in [0.2, 0.25) is 0 Å². The SMILES string of the molecule is CCC[C](S(=O)(=O)O)S(=O)(=O)O. The lowest BCUT2D eigenvalue weighted by Crippen LogP contribution is -2.20. The minimum Gasteiger partial charge on any atom is -0.284 e. The maximum absolute atomic E-state index is 10.3. The standard InChI is InChI=1S/C4H9O6S2/c1-2-3-4(11(5,6)7)12(8,9)10/h2-3H2,1H3,(H,5,6,7)(H,8,9,10). The molecule has 0 saturated carbocycles. The Morgan fingerprint density at radius 2 is 1.42 bits per heavy atom. The van der Waals surface area contributed by atoms with Crippen LogP contribution in [0.4, 0.5) is 0 Å². The molecule has 0 heterocycles. The summed E-state index contributed by atoms with van der Waals surface area (Å²) in [5, 5.41) is 0. The Labute approximate surface area is 71.1 Å². The summed E-state index contributed by atoms with van der Waals surface area (Å²) < 4.78 is 56.8. The molecular formula is C4H9O6S2. The van der Waals surface area contributed by atoms with Gasteiger partial charge in [0, 0.05) is 0 Å². The molecule has 0 aliphatic heterocycles. The molecule has 0 aromatic rings. The summed E-state index contributed by atoms with van der Waals surface area (Å²) in [5.74, 6) is 0. The molecule has 0 rings (SSSR count). The van der Waals surface area contributed by atoms with Crippen molar-refractivity contribution in [3.05, 3.63) is 4.58 Å². The Balaban J connectivity index is 4.97. The summed E-state index contributed by atoms with van der Waals surface area (Å²) in [6, 6.07) is 0. The second kappa shape index (κ2) is 3.69. The highest BCUT2D eigenvalue weighted by molar-refractivity contribution is 8.07. The van der Waals surface area contributed by atoms with Gasteiger partial charge in [0.05, 0.1) is 0 Å². The lowest BCUT2D eigenvalue weighted by molar-refractivity contribution is 0.466. The lowest BCUT2D eigenvalue weighted by atomic mass is 10.4. The van der Waals surface area contributed by atoms with Gasteiger partial charge < -0.3 is 0 Å². The van der Waals surface area contributed by atoms with Gasteiger partial charge in [0.1, 0.15) is 0 Å². The van der Waals surface area contributed by atoms with Gasteiger partial charge in [-0.05, 0) is 6.42 Å². The average molecular weight is 217 g/mol. The highest BCUT2D eigenvalue weighted by Gasteiger charge is 2.36. The fourth-order valence-electron chi connectivity index (χ4n) is 0.595. The van der Waals surface area contributed by atoms with Crippen LogP contribution >= 0.6 is 0 Å². The third-order valence-corrected chi connectivity index (χ3v) is 3.85.